The molecule has 1 saturated heterocycles. The summed E-state index contributed by atoms with van der Waals surface area (Å²) in [5.74, 6) is 0.122. The second kappa shape index (κ2) is 7.11. The number of rotatable bonds is 4. The topological polar surface area (TPSA) is 45.7 Å². The first-order valence-electron chi connectivity index (χ1n) is 8.22. The molecule has 2 aromatic heterocycles. The molecule has 0 N–H and O–H groups in total. The average molecular weight is 374 g/mol. The van der Waals surface area contributed by atoms with Crippen LogP contribution in [0.25, 0.3) is 10.2 Å². The number of anilines is 1. The lowest BCUT2D eigenvalue weighted by atomic mass is 10.3. The summed E-state index contributed by atoms with van der Waals surface area (Å²) in [7, 11) is 1.67. The van der Waals surface area contributed by atoms with Crippen LogP contribution in [-0.4, -0.2) is 49.1 Å². The molecule has 7 heteroatoms. The van der Waals surface area contributed by atoms with Crippen molar-refractivity contribution in [1.82, 2.24) is 9.88 Å². The Labute approximate surface area is 154 Å². The first kappa shape index (κ1) is 16.5. The van der Waals surface area contributed by atoms with Gasteiger partial charge in [0.25, 0.3) is 5.91 Å². The number of fused-ring (bicyclic) bond motifs is 1. The molecule has 0 aliphatic carbocycles. The zero-order chi connectivity index (χ0) is 17.2. The molecule has 5 nitrogen and oxygen atoms in total. The van der Waals surface area contributed by atoms with E-state index in [9.17, 15) is 4.79 Å². The van der Waals surface area contributed by atoms with Crippen LogP contribution in [0, 0.1) is 0 Å². The van der Waals surface area contributed by atoms with E-state index >= 15 is 0 Å². The van der Waals surface area contributed by atoms with Crippen molar-refractivity contribution in [3.05, 3.63) is 46.2 Å². The van der Waals surface area contributed by atoms with E-state index in [-0.39, 0.29) is 5.91 Å². The molecule has 0 spiro atoms. The minimum atomic E-state index is 0.122. The summed E-state index contributed by atoms with van der Waals surface area (Å²) in [5.41, 5.74) is 1.05. The molecule has 1 amide bonds. The number of carbonyl (C=O) groups excluding carboxylic acids is 1. The Hall–Kier alpha value is -1.96. The molecule has 0 saturated carbocycles. The Morgan fingerprint density at radius 3 is 2.68 bits per heavy atom. The number of para-hydroxylation sites is 1. The van der Waals surface area contributed by atoms with Crippen LogP contribution in [-0.2, 0) is 11.3 Å². The van der Waals surface area contributed by atoms with Gasteiger partial charge in [-0.1, -0.05) is 23.5 Å². The van der Waals surface area contributed by atoms with Gasteiger partial charge in [-0.05, 0) is 24.3 Å². The van der Waals surface area contributed by atoms with Gasteiger partial charge in [0, 0.05) is 38.2 Å². The Morgan fingerprint density at radius 1 is 1.12 bits per heavy atom. The summed E-state index contributed by atoms with van der Waals surface area (Å²) in [6.45, 7) is 3.66. The molecular formula is C18H19N3O2S2. The van der Waals surface area contributed by atoms with Crippen LogP contribution in [0.1, 0.15) is 14.5 Å². The fourth-order valence-electron chi connectivity index (χ4n) is 2.96. The largest absolute Gasteiger partial charge is 0.379 e. The summed E-state index contributed by atoms with van der Waals surface area (Å²) in [6, 6.07) is 12.1. The first-order chi connectivity index (χ1) is 12.2. The van der Waals surface area contributed by atoms with Crippen molar-refractivity contribution in [3.8, 4) is 0 Å². The van der Waals surface area contributed by atoms with Crippen LogP contribution in [0.15, 0.2) is 36.4 Å². The normalized spacial score (nSPS) is 15.1. The number of hydrogen-bond donors (Lipinski definition) is 0. The molecule has 0 atom stereocenters. The number of ether oxygens (including phenoxy) is 1. The number of methoxy groups -OCH3 is 1. The SMILES string of the molecule is COCc1ccc(C(=O)N2CCN(c3nc4ccccc4s3)CC2)s1. The van der Waals surface area contributed by atoms with Gasteiger partial charge in [-0.2, -0.15) is 0 Å². The lowest BCUT2D eigenvalue weighted by Crippen LogP contribution is -2.48. The maximum Gasteiger partial charge on any atom is 0.264 e. The number of thiazole rings is 1. The number of thiophene rings is 1. The van der Waals surface area contributed by atoms with Crippen molar-refractivity contribution in [3.63, 3.8) is 0 Å². The molecule has 130 valence electrons. The molecule has 25 heavy (non-hydrogen) atoms. The van der Waals surface area contributed by atoms with E-state index in [1.165, 1.54) is 16.0 Å². The maximum atomic E-state index is 12.7. The number of piperazine rings is 1. The minimum absolute atomic E-state index is 0.122. The van der Waals surface area contributed by atoms with Crippen molar-refractivity contribution in [2.24, 2.45) is 0 Å². The number of benzene rings is 1. The molecule has 0 radical (unpaired) electrons. The molecule has 3 aromatic rings. The van der Waals surface area contributed by atoms with E-state index in [1.54, 1.807) is 18.4 Å². The molecule has 0 unspecified atom stereocenters. The molecule has 0 bridgehead atoms. The van der Waals surface area contributed by atoms with E-state index in [1.807, 2.05) is 35.2 Å². The molecule has 1 fully saturated rings. The second-order valence-electron chi connectivity index (χ2n) is 5.94. The lowest BCUT2D eigenvalue weighted by molar-refractivity contribution is 0.0751. The van der Waals surface area contributed by atoms with Crippen molar-refractivity contribution in [2.45, 2.75) is 6.61 Å². The van der Waals surface area contributed by atoms with Gasteiger partial charge in [0.2, 0.25) is 0 Å². The third kappa shape index (κ3) is 3.40. The standard InChI is InChI=1S/C18H19N3O2S2/c1-23-12-13-6-7-16(24-13)17(22)20-8-10-21(11-9-20)18-19-14-4-2-3-5-15(14)25-18/h2-7H,8-12H2,1H3. The minimum Gasteiger partial charge on any atom is -0.379 e. The van der Waals surface area contributed by atoms with E-state index < -0.39 is 0 Å². The number of hydrogen-bond acceptors (Lipinski definition) is 6. The van der Waals surface area contributed by atoms with Crippen LogP contribution < -0.4 is 4.90 Å². The molecule has 4 rings (SSSR count). The summed E-state index contributed by atoms with van der Waals surface area (Å²) in [4.78, 5) is 23.5. The van der Waals surface area contributed by atoms with Crippen LogP contribution in [0.5, 0.6) is 0 Å². The summed E-state index contributed by atoms with van der Waals surface area (Å²) < 4.78 is 6.34. The van der Waals surface area contributed by atoms with Crippen LogP contribution in [0.4, 0.5) is 5.13 Å². The van der Waals surface area contributed by atoms with Gasteiger partial charge in [0.05, 0.1) is 21.7 Å². The number of amides is 1. The molecule has 1 aliphatic heterocycles. The third-order valence-corrected chi connectivity index (χ3v) is 6.42. The summed E-state index contributed by atoms with van der Waals surface area (Å²) in [5, 5.41) is 1.05. The van der Waals surface area contributed by atoms with Crippen molar-refractivity contribution in [1.29, 1.82) is 0 Å². The second-order valence-corrected chi connectivity index (χ2v) is 8.12. The fourth-order valence-corrected chi connectivity index (χ4v) is 4.93. The number of nitrogens with zero attached hydrogens (tertiary/aromatic N) is 3. The zero-order valence-corrected chi connectivity index (χ0v) is 15.6. The highest BCUT2D eigenvalue weighted by Crippen LogP contribution is 2.29. The highest BCUT2D eigenvalue weighted by Gasteiger charge is 2.24. The predicted octanol–water partition coefficient (Wildman–Crippen LogP) is 3.47. The Bertz CT molecular complexity index is 848. The quantitative estimate of drug-likeness (QED) is 0.703. The third-order valence-electron chi connectivity index (χ3n) is 4.28. The predicted molar refractivity (Wildman–Crippen MR) is 103 cm³/mol. The molecule has 3 heterocycles. The van der Waals surface area contributed by atoms with Gasteiger partial charge in [-0.15, -0.1) is 11.3 Å². The summed E-state index contributed by atoms with van der Waals surface area (Å²) >= 11 is 3.24. The van der Waals surface area contributed by atoms with Gasteiger partial charge < -0.3 is 14.5 Å². The Balaban J connectivity index is 1.41. The van der Waals surface area contributed by atoms with Gasteiger partial charge in [0.1, 0.15) is 0 Å². The van der Waals surface area contributed by atoms with Gasteiger partial charge in [-0.3, -0.25) is 4.79 Å². The van der Waals surface area contributed by atoms with Crippen molar-refractivity contribution in [2.75, 3.05) is 38.2 Å². The Kier molecular flexibility index (Phi) is 4.70. The van der Waals surface area contributed by atoms with E-state index in [0.717, 1.165) is 46.6 Å². The smallest absolute Gasteiger partial charge is 0.264 e. The van der Waals surface area contributed by atoms with Crippen LogP contribution in [0.2, 0.25) is 0 Å². The van der Waals surface area contributed by atoms with Crippen molar-refractivity contribution >= 4 is 43.9 Å². The molecule has 1 aliphatic rings. The van der Waals surface area contributed by atoms with Crippen LogP contribution >= 0.6 is 22.7 Å². The molecule has 1 aromatic carbocycles. The molecular weight excluding hydrogens is 354 g/mol. The highest BCUT2D eigenvalue weighted by atomic mass is 32.1. The monoisotopic (exact) mass is 373 g/mol. The van der Waals surface area contributed by atoms with Gasteiger partial charge in [0.15, 0.2) is 5.13 Å². The van der Waals surface area contributed by atoms with E-state index in [2.05, 4.69) is 11.0 Å². The maximum absolute atomic E-state index is 12.7. The van der Waals surface area contributed by atoms with E-state index in [4.69, 9.17) is 9.72 Å². The highest BCUT2D eigenvalue weighted by molar-refractivity contribution is 7.22. The van der Waals surface area contributed by atoms with Crippen molar-refractivity contribution < 1.29 is 9.53 Å². The number of aromatic nitrogens is 1. The average Bonchev–Trinajstić information content (AvgIpc) is 3.28. The fraction of sp³-hybridized carbons (Fsp3) is 0.333. The van der Waals surface area contributed by atoms with Gasteiger partial charge in [-0.25, -0.2) is 4.98 Å². The Morgan fingerprint density at radius 2 is 1.92 bits per heavy atom. The number of carbonyl (C=O) groups is 1. The van der Waals surface area contributed by atoms with Gasteiger partial charge >= 0.3 is 0 Å². The van der Waals surface area contributed by atoms with E-state index in [0.29, 0.717) is 6.61 Å². The van der Waals surface area contributed by atoms with Crippen LogP contribution in [0.3, 0.4) is 0 Å². The lowest BCUT2D eigenvalue weighted by Gasteiger charge is -2.34. The first-order valence-corrected chi connectivity index (χ1v) is 9.85. The zero-order valence-electron chi connectivity index (χ0n) is 14.0. The summed E-state index contributed by atoms with van der Waals surface area (Å²) in [6.07, 6.45) is 0.